The first-order chi connectivity index (χ1) is 7.48. The Bertz CT molecular complexity index is 391. The molecule has 5 nitrogen and oxygen atoms in total. The molecule has 0 bridgehead atoms. The van der Waals surface area contributed by atoms with Gasteiger partial charge in [-0.05, 0) is 0 Å². The molecule has 1 aliphatic rings. The van der Waals surface area contributed by atoms with Crippen molar-refractivity contribution in [3.8, 4) is 0 Å². The van der Waals surface area contributed by atoms with E-state index in [2.05, 4.69) is 15.5 Å². The van der Waals surface area contributed by atoms with E-state index in [1.165, 1.54) is 0 Å². The van der Waals surface area contributed by atoms with Crippen LogP contribution in [0.2, 0.25) is 0 Å². The molecule has 0 amide bonds. The summed E-state index contributed by atoms with van der Waals surface area (Å²) < 4.78 is 5.40. The van der Waals surface area contributed by atoms with E-state index in [9.17, 15) is 4.79 Å². The fraction of sp³-hybridized carbons (Fsp3) is 0.700. The van der Waals surface area contributed by atoms with Crippen LogP contribution in [0, 0.1) is 0 Å². The predicted octanol–water partition coefficient (Wildman–Crippen LogP) is 1.21. The molecule has 6 heteroatoms. The maximum atomic E-state index is 11.9. The van der Waals surface area contributed by atoms with Gasteiger partial charge in [-0.1, -0.05) is 20.8 Å². The third-order valence-electron chi connectivity index (χ3n) is 2.31. The van der Waals surface area contributed by atoms with E-state index in [1.54, 1.807) is 11.8 Å². The lowest BCUT2D eigenvalue weighted by Crippen LogP contribution is -2.33. The summed E-state index contributed by atoms with van der Waals surface area (Å²) in [5.41, 5.74) is -0.219. The Labute approximate surface area is 98.4 Å². The quantitative estimate of drug-likeness (QED) is 0.785. The smallest absolute Gasteiger partial charge is 0.285 e. The van der Waals surface area contributed by atoms with Crippen LogP contribution in [-0.4, -0.2) is 33.7 Å². The maximum absolute atomic E-state index is 11.9. The number of rotatable bonds is 2. The van der Waals surface area contributed by atoms with Gasteiger partial charge in [-0.3, -0.25) is 10.1 Å². The Morgan fingerprint density at radius 2 is 2.25 bits per heavy atom. The van der Waals surface area contributed by atoms with Crippen molar-refractivity contribution in [1.82, 2.24) is 15.5 Å². The maximum Gasteiger partial charge on any atom is 0.285 e. The highest BCUT2D eigenvalue weighted by molar-refractivity contribution is 7.99. The number of nitrogens with zero attached hydrogens (tertiary/aromatic N) is 2. The topological polar surface area (TPSA) is 68.0 Å². The normalized spacial score (nSPS) is 21.3. The standard InChI is InChI=1S/C10H15N3O2S/c1-10(2,3)9-13-12-8(15-9)7(14)6-4-16-5-11-6/h6,11H,4-5H2,1-3H3/t6-/m0/s1. The second-order valence-electron chi connectivity index (χ2n) is 4.80. The zero-order valence-electron chi connectivity index (χ0n) is 9.61. The second kappa shape index (κ2) is 4.18. The lowest BCUT2D eigenvalue weighted by Gasteiger charge is -2.11. The van der Waals surface area contributed by atoms with Crippen LogP contribution in [0.15, 0.2) is 4.42 Å². The van der Waals surface area contributed by atoms with E-state index in [0.29, 0.717) is 5.89 Å². The zero-order chi connectivity index (χ0) is 11.8. The van der Waals surface area contributed by atoms with Crippen LogP contribution in [0.25, 0.3) is 0 Å². The molecule has 1 fully saturated rings. The minimum atomic E-state index is -0.219. The molecule has 0 unspecified atom stereocenters. The van der Waals surface area contributed by atoms with Crippen LogP contribution in [-0.2, 0) is 5.41 Å². The van der Waals surface area contributed by atoms with Gasteiger partial charge in [-0.2, -0.15) is 0 Å². The van der Waals surface area contributed by atoms with Crippen molar-refractivity contribution in [2.75, 3.05) is 11.6 Å². The fourth-order valence-corrected chi connectivity index (χ4v) is 2.28. The van der Waals surface area contributed by atoms with Gasteiger partial charge < -0.3 is 4.42 Å². The number of carbonyl (C=O) groups excluding carboxylic acids is 1. The van der Waals surface area contributed by atoms with Crippen LogP contribution in [0.5, 0.6) is 0 Å². The number of thioether (sulfide) groups is 1. The number of ketones is 1. The monoisotopic (exact) mass is 241 g/mol. The predicted molar refractivity (Wildman–Crippen MR) is 61.6 cm³/mol. The molecule has 0 saturated carbocycles. The molecule has 1 aromatic rings. The molecule has 0 aromatic carbocycles. The number of hydrogen-bond acceptors (Lipinski definition) is 6. The minimum Gasteiger partial charge on any atom is -0.418 e. The summed E-state index contributed by atoms with van der Waals surface area (Å²) in [6.07, 6.45) is 0. The van der Waals surface area contributed by atoms with Crippen LogP contribution in [0.3, 0.4) is 0 Å². The lowest BCUT2D eigenvalue weighted by atomic mass is 9.97. The summed E-state index contributed by atoms with van der Waals surface area (Å²) in [7, 11) is 0. The number of aromatic nitrogens is 2. The average molecular weight is 241 g/mol. The molecule has 16 heavy (non-hydrogen) atoms. The molecule has 1 N–H and O–H groups in total. The van der Waals surface area contributed by atoms with E-state index < -0.39 is 0 Å². The van der Waals surface area contributed by atoms with Crippen molar-refractivity contribution in [1.29, 1.82) is 0 Å². The summed E-state index contributed by atoms with van der Waals surface area (Å²) in [5.74, 6) is 2.09. The molecule has 1 atom stereocenters. The van der Waals surface area contributed by atoms with Gasteiger partial charge in [-0.15, -0.1) is 22.0 Å². The summed E-state index contributed by atoms with van der Waals surface area (Å²) in [5, 5.41) is 10.8. The third kappa shape index (κ3) is 2.27. The Morgan fingerprint density at radius 1 is 1.50 bits per heavy atom. The summed E-state index contributed by atoms with van der Waals surface area (Å²) in [6, 6.07) is -0.182. The minimum absolute atomic E-state index is 0.104. The van der Waals surface area contributed by atoms with Crippen molar-refractivity contribution in [2.24, 2.45) is 0 Å². The van der Waals surface area contributed by atoms with E-state index >= 15 is 0 Å². The second-order valence-corrected chi connectivity index (χ2v) is 5.83. The molecule has 2 rings (SSSR count). The van der Waals surface area contributed by atoms with Gasteiger partial charge in [0.2, 0.25) is 11.7 Å². The molecule has 1 aromatic heterocycles. The first kappa shape index (κ1) is 11.6. The Kier molecular flexibility index (Phi) is 3.03. The number of carbonyl (C=O) groups is 1. The van der Waals surface area contributed by atoms with Crippen LogP contribution >= 0.6 is 11.8 Å². The Balaban J connectivity index is 2.15. The van der Waals surface area contributed by atoms with Crippen molar-refractivity contribution in [3.05, 3.63) is 11.8 Å². The van der Waals surface area contributed by atoms with Crippen LogP contribution in [0.4, 0.5) is 0 Å². The highest BCUT2D eigenvalue weighted by atomic mass is 32.2. The Hall–Kier alpha value is -0.880. The molecule has 2 heterocycles. The average Bonchev–Trinajstić information content (AvgIpc) is 2.87. The van der Waals surface area contributed by atoms with Gasteiger partial charge >= 0.3 is 0 Å². The molecule has 1 aliphatic heterocycles. The first-order valence-electron chi connectivity index (χ1n) is 5.18. The van der Waals surface area contributed by atoms with Crippen molar-refractivity contribution in [2.45, 2.75) is 32.2 Å². The summed E-state index contributed by atoms with van der Waals surface area (Å²) >= 11 is 1.70. The largest absolute Gasteiger partial charge is 0.418 e. The fourth-order valence-electron chi connectivity index (χ4n) is 1.34. The first-order valence-corrected chi connectivity index (χ1v) is 6.33. The molecule has 0 spiro atoms. The van der Waals surface area contributed by atoms with Crippen LogP contribution in [0.1, 0.15) is 37.3 Å². The molecular formula is C10H15N3O2S. The molecule has 0 aliphatic carbocycles. The lowest BCUT2D eigenvalue weighted by molar-refractivity contribution is 0.0921. The molecule has 1 saturated heterocycles. The van der Waals surface area contributed by atoms with Crippen LogP contribution < -0.4 is 5.32 Å². The van der Waals surface area contributed by atoms with Crippen molar-refractivity contribution >= 4 is 17.5 Å². The molecule has 88 valence electrons. The van der Waals surface area contributed by atoms with Gasteiger partial charge in [-0.25, -0.2) is 0 Å². The molecular weight excluding hydrogens is 226 g/mol. The van der Waals surface area contributed by atoms with E-state index in [0.717, 1.165) is 11.6 Å². The number of Topliss-reactive ketones (excluding diaryl/α,β-unsaturated/α-hetero) is 1. The summed E-state index contributed by atoms with van der Waals surface area (Å²) in [4.78, 5) is 11.9. The van der Waals surface area contributed by atoms with Gasteiger partial charge in [0.05, 0.1) is 6.04 Å². The van der Waals surface area contributed by atoms with Crippen molar-refractivity contribution < 1.29 is 9.21 Å². The van der Waals surface area contributed by atoms with Gasteiger partial charge in [0.1, 0.15) is 0 Å². The van der Waals surface area contributed by atoms with E-state index in [-0.39, 0.29) is 23.1 Å². The number of nitrogens with one attached hydrogen (secondary N) is 1. The van der Waals surface area contributed by atoms with E-state index in [1.807, 2.05) is 20.8 Å². The summed E-state index contributed by atoms with van der Waals surface area (Å²) in [6.45, 7) is 5.91. The third-order valence-corrected chi connectivity index (χ3v) is 3.25. The van der Waals surface area contributed by atoms with E-state index in [4.69, 9.17) is 4.42 Å². The highest BCUT2D eigenvalue weighted by Gasteiger charge is 2.30. The SMILES string of the molecule is CC(C)(C)c1nnc(C(=O)[C@@H]2CSCN2)o1. The van der Waals surface area contributed by atoms with Gasteiger partial charge in [0.15, 0.2) is 0 Å². The van der Waals surface area contributed by atoms with Crippen molar-refractivity contribution in [3.63, 3.8) is 0 Å². The highest BCUT2D eigenvalue weighted by Crippen LogP contribution is 2.21. The molecule has 0 radical (unpaired) electrons. The van der Waals surface area contributed by atoms with Gasteiger partial charge in [0.25, 0.3) is 5.89 Å². The zero-order valence-corrected chi connectivity index (χ0v) is 10.4. The Morgan fingerprint density at radius 3 is 2.75 bits per heavy atom. The number of hydrogen-bond donors (Lipinski definition) is 1. The van der Waals surface area contributed by atoms with Gasteiger partial charge in [0, 0.05) is 17.0 Å².